The molecule has 21 heavy (non-hydrogen) atoms. The highest BCUT2D eigenvalue weighted by molar-refractivity contribution is 7.89. The quantitative estimate of drug-likeness (QED) is 0.658. The molecule has 0 aromatic carbocycles. The molecular weight excluding hydrogens is 296 g/mol. The van der Waals surface area contributed by atoms with Crippen LogP contribution in [0, 0.1) is 13.8 Å². The molecule has 4 N–H and O–H groups in total. The summed E-state index contributed by atoms with van der Waals surface area (Å²) in [7, 11) is -3.81. The maximum atomic E-state index is 12.5. The van der Waals surface area contributed by atoms with Crippen LogP contribution in [0.2, 0.25) is 0 Å². The van der Waals surface area contributed by atoms with Crippen molar-refractivity contribution in [3.8, 4) is 0 Å². The summed E-state index contributed by atoms with van der Waals surface area (Å²) in [5.41, 5.74) is 0.383. The highest BCUT2D eigenvalue weighted by Gasteiger charge is 2.30. The molecule has 0 spiro atoms. The lowest BCUT2D eigenvalue weighted by atomic mass is 9.94. The lowest BCUT2D eigenvalue weighted by Crippen LogP contribution is -2.40. The molecule has 1 heterocycles. The van der Waals surface area contributed by atoms with Crippen molar-refractivity contribution in [2.24, 2.45) is 0 Å². The van der Waals surface area contributed by atoms with Gasteiger partial charge in [-0.05, 0) is 39.5 Å². The minimum atomic E-state index is -3.81. The van der Waals surface area contributed by atoms with E-state index in [0.717, 1.165) is 6.42 Å². The smallest absolute Gasteiger partial charge is 0.352 e. The summed E-state index contributed by atoms with van der Waals surface area (Å²) in [6.45, 7) is 3.00. The first-order chi connectivity index (χ1) is 9.72. The van der Waals surface area contributed by atoms with Gasteiger partial charge in [-0.3, -0.25) is 0 Å². The van der Waals surface area contributed by atoms with Crippen molar-refractivity contribution in [3.05, 3.63) is 17.0 Å². The highest BCUT2D eigenvalue weighted by atomic mass is 32.2. The summed E-state index contributed by atoms with van der Waals surface area (Å²) >= 11 is 0. The number of sulfonamides is 1. The highest BCUT2D eigenvalue weighted by Crippen LogP contribution is 2.25. The van der Waals surface area contributed by atoms with Crippen LogP contribution in [0.1, 0.15) is 47.4 Å². The summed E-state index contributed by atoms with van der Waals surface area (Å²) < 4.78 is 27.5. The standard InChI is InChI=1S/C13H20N2O5S/c1-7-11(13(17)18)14-8(2)12(7)21(19,20)15-9-4-3-5-10(16)6-9/h9-10,14-16H,3-6H2,1-2H3,(H,17,18). The predicted octanol–water partition coefficient (Wildman–Crippen LogP) is 0.912. The van der Waals surface area contributed by atoms with Gasteiger partial charge >= 0.3 is 5.97 Å². The van der Waals surface area contributed by atoms with Crippen LogP contribution in [0.4, 0.5) is 0 Å². The van der Waals surface area contributed by atoms with Crippen LogP contribution in [-0.4, -0.2) is 41.7 Å². The molecule has 0 radical (unpaired) electrons. The van der Waals surface area contributed by atoms with Gasteiger partial charge < -0.3 is 15.2 Å². The fraction of sp³-hybridized carbons (Fsp3) is 0.615. The Labute approximate surface area is 123 Å². The third-order valence-electron chi connectivity index (χ3n) is 3.82. The van der Waals surface area contributed by atoms with Crippen LogP contribution in [0.5, 0.6) is 0 Å². The Balaban J connectivity index is 2.29. The van der Waals surface area contributed by atoms with Gasteiger partial charge in [0.2, 0.25) is 10.0 Å². The zero-order chi connectivity index (χ0) is 15.8. The number of aromatic amines is 1. The van der Waals surface area contributed by atoms with Gasteiger partial charge in [0.25, 0.3) is 0 Å². The first kappa shape index (κ1) is 16.0. The number of aryl methyl sites for hydroxylation is 1. The first-order valence-electron chi connectivity index (χ1n) is 6.85. The number of rotatable bonds is 4. The van der Waals surface area contributed by atoms with E-state index >= 15 is 0 Å². The summed E-state index contributed by atoms with van der Waals surface area (Å²) in [6.07, 6.45) is 2.01. The molecule has 0 saturated heterocycles. The Kier molecular flexibility index (Phi) is 4.40. The van der Waals surface area contributed by atoms with Crippen molar-refractivity contribution in [1.82, 2.24) is 9.71 Å². The van der Waals surface area contributed by atoms with E-state index in [0.29, 0.717) is 25.0 Å². The van der Waals surface area contributed by atoms with Crippen molar-refractivity contribution < 1.29 is 23.4 Å². The minimum absolute atomic E-state index is 0.0139. The van der Waals surface area contributed by atoms with Gasteiger partial charge in [0.1, 0.15) is 10.6 Å². The fourth-order valence-corrected chi connectivity index (χ4v) is 4.63. The molecule has 0 bridgehead atoms. The second-order valence-corrected chi connectivity index (χ2v) is 7.17. The molecule has 1 aromatic heterocycles. The second-order valence-electron chi connectivity index (χ2n) is 5.52. The molecule has 0 amide bonds. The Morgan fingerprint density at radius 2 is 2.00 bits per heavy atom. The van der Waals surface area contributed by atoms with Crippen LogP contribution in [0.25, 0.3) is 0 Å². The Morgan fingerprint density at radius 1 is 1.33 bits per heavy atom. The average Bonchev–Trinajstić information content (AvgIpc) is 2.64. The monoisotopic (exact) mass is 316 g/mol. The number of carbonyl (C=O) groups is 1. The number of carboxylic acids is 1. The maximum Gasteiger partial charge on any atom is 0.352 e. The SMILES string of the molecule is Cc1[nH]c(C(=O)O)c(C)c1S(=O)(=O)NC1CCCC(O)C1. The van der Waals surface area contributed by atoms with Crippen LogP contribution < -0.4 is 4.72 Å². The zero-order valence-corrected chi connectivity index (χ0v) is 12.8. The van der Waals surface area contributed by atoms with Gasteiger partial charge in [0.15, 0.2) is 0 Å². The molecule has 118 valence electrons. The van der Waals surface area contributed by atoms with Crippen LogP contribution >= 0.6 is 0 Å². The molecule has 1 aromatic rings. The number of hydrogen-bond donors (Lipinski definition) is 4. The molecule has 2 rings (SSSR count). The van der Waals surface area contributed by atoms with Crippen molar-refractivity contribution in [3.63, 3.8) is 0 Å². The number of aliphatic hydroxyl groups excluding tert-OH is 1. The van der Waals surface area contributed by atoms with E-state index in [1.165, 1.54) is 13.8 Å². The Hall–Kier alpha value is -1.38. The van der Waals surface area contributed by atoms with Gasteiger partial charge in [0, 0.05) is 17.3 Å². The van der Waals surface area contributed by atoms with Gasteiger partial charge in [0.05, 0.1) is 6.10 Å². The summed E-state index contributed by atoms with van der Waals surface area (Å²) in [5, 5.41) is 18.7. The molecule has 1 aliphatic rings. The maximum absolute atomic E-state index is 12.5. The summed E-state index contributed by atoms with van der Waals surface area (Å²) in [6, 6.07) is -0.319. The van der Waals surface area contributed by atoms with E-state index in [1.807, 2.05) is 0 Å². The number of carboxylic acid groups (broad SMARTS) is 1. The first-order valence-corrected chi connectivity index (χ1v) is 8.33. The summed E-state index contributed by atoms with van der Waals surface area (Å²) in [4.78, 5) is 13.7. The number of nitrogens with one attached hydrogen (secondary N) is 2. The van der Waals surface area contributed by atoms with Crippen molar-refractivity contribution in [2.45, 2.75) is 56.6 Å². The number of aromatic nitrogens is 1. The molecule has 2 atom stereocenters. The number of H-pyrrole nitrogens is 1. The molecule has 8 heteroatoms. The number of aromatic carboxylic acids is 1. The van der Waals surface area contributed by atoms with Crippen LogP contribution in [0.3, 0.4) is 0 Å². The normalized spacial score (nSPS) is 23.2. The lowest BCUT2D eigenvalue weighted by molar-refractivity contribution is 0.0690. The average molecular weight is 316 g/mol. The van der Waals surface area contributed by atoms with Crippen molar-refractivity contribution in [2.75, 3.05) is 0 Å². The largest absolute Gasteiger partial charge is 0.477 e. The predicted molar refractivity (Wildman–Crippen MR) is 75.8 cm³/mol. The van der Waals surface area contributed by atoms with E-state index < -0.39 is 22.1 Å². The Bertz CT molecular complexity index is 650. The molecule has 1 fully saturated rings. The number of aliphatic hydroxyl groups is 1. The molecule has 0 aliphatic heterocycles. The van der Waals surface area contributed by atoms with Gasteiger partial charge in [-0.15, -0.1) is 0 Å². The van der Waals surface area contributed by atoms with E-state index in [2.05, 4.69) is 9.71 Å². The molecule has 2 unspecified atom stereocenters. The van der Waals surface area contributed by atoms with E-state index in [-0.39, 0.29) is 22.2 Å². The van der Waals surface area contributed by atoms with E-state index in [9.17, 15) is 18.3 Å². The minimum Gasteiger partial charge on any atom is -0.477 e. The number of hydrogen-bond acceptors (Lipinski definition) is 4. The summed E-state index contributed by atoms with van der Waals surface area (Å²) in [5.74, 6) is -1.19. The zero-order valence-electron chi connectivity index (χ0n) is 12.0. The van der Waals surface area contributed by atoms with Crippen molar-refractivity contribution in [1.29, 1.82) is 0 Å². The van der Waals surface area contributed by atoms with Gasteiger partial charge in [-0.2, -0.15) is 0 Å². The van der Waals surface area contributed by atoms with Gasteiger partial charge in [-0.1, -0.05) is 0 Å². The Morgan fingerprint density at radius 3 is 2.52 bits per heavy atom. The fourth-order valence-electron chi connectivity index (χ4n) is 2.90. The third-order valence-corrected chi connectivity index (χ3v) is 5.61. The van der Waals surface area contributed by atoms with Crippen LogP contribution in [-0.2, 0) is 10.0 Å². The molecule has 1 saturated carbocycles. The van der Waals surface area contributed by atoms with E-state index in [1.54, 1.807) is 0 Å². The van der Waals surface area contributed by atoms with Gasteiger partial charge in [-0.25, -0.2) is 17.9 Å². The second kappa shape index (κ2) is 5.78. The topological polar surface area (TPSA) is 119 Å². The molecule has 7 nitrogen and oxygen atoms in total. The third kappa shape index (κ3) is 3.28. The molecule has 1 aliphatic carbocycles. The van der Waals surface area contributed by atoms with E-state index in [4.69, 9.17) is 5.11 Å². The van der Waals surface area contributed by atoms with Crippen LogP contribution in [0.15, 0.2) is 4.90 Å². The lowest BCUT2D eigenvalue weighted by Gasteiger charge is -2.26. The van der Waals surface area contributed by atoms with Crippen molar-refractivity contribution >= 4 is 16.0 Å². The molecular formula is C13H20N2O5S.